The summed E-state index contributed by atoms with van der Waals surface area (Å²) in [6.07, 6.45) is 4.90. The summed E-state index contributed by atoms with van der Waals surface area (Å²) in [5.41, 5.74) is 8.77. The topological polar surface area (TPSA) is 124 Å². The summed E-state index contributed by atoms with van der Waals surface area (Å²) in [7, 11) is 0. The van der Waals surface area contributed by atoms with Crippen LogP contribution in [0.4, 0.5) is 11.6 Å². The molecule has 4 heterocycles. The SMILES string of the molecule is CCCc1nc(-c2nc(N)c3c(n2)NC(=O)[C@@H]3C)cn2ncnc12. The van der Waals surface area contributed by atoms with Crippen LogP contribution < -0.4 is 11.1 Å². The molecule has 3 N–H and O–H groups in total. The zero-order valence-electron chi connectivity index (χ0n) is 13.3. The van der Waals surface area contributed by atoms with Gasteiger partial charge < -0.3 is 11.1 Å². The molecular weight excluding hydrogens is 308 g/mol. The number of aryl methyl sites for hydroxylation is 1. The number of hydrogen-bond donors (Lipinski definition) is 2. The zero-order chi connectivity index (χ0) is 16.8. The number of nitrogen functional groups attached to an aromatic ring is 1. The van der Waals surface area contributed by atoms with Crippen molar-refractivity contribution in [3.63, 3.8) is 0 Å². The van der Waals surface area contributed by atoms with Crippen LogP contribution in [0.3, 0.4) is 0 Å². The highest BCUT2D eigenvalue weighted by molar-refractivity contribution is 6.03. The van der Waals surface area contributed by atoms with Gasteiger partial charge in [-0.2, -0.15) is 5.10 Å². The second-order valence-corrected chi connectivity index (χ2v) is 5.76. The summed E-state index contributed by atoms with van der Waals surface area (Å²) in [5.74, 6) is 0.617. The lowest BCUT2D eigenvalue weighted by Crippen LogP contribution is -2.09. The van der Waals surface area contributed by atoms with Crippen LogP contribution in [0.2, 0.25) is 0 Å². The quantitative estimate of drug-likeness (QED) is 0.741. The summed E-state index contributed by atoms with van der Waals surface area (Å²) < 4.78 is 1.65. The third kappa shape index (κ3) is 2.08. The van der Waals surface area contributed by atoms with E-state index in [9.17, 15) is 4.79 Å². The third-order valence-corrected chi connectivity index (χ3v) is 4.09. The number of nitrogens with zero attached hydrogens (tertiary/aromatic N) is 6. The van der Waals surface area contributed by atoms with E-state index < -0.39 is 0 Å². The Morgan fingerprint density at radius 3 is 2.96 bits per heavy atom. The fourth-order valence-electron chi connectivity index (χ4n) is 2.88. The van der Waals surface area contributed by atoms with Crippen LogP contribution >= 0.6 is 0 Å². The van der Waals surface area contributed by atoms with Crippen LogP contribution in [0.5, 0.6) is 0 Å². The first-order chi connectivity index (χ1) is 11.6. The highest BCUT2D eigenvalue weighted by atomic mass is 16.2. The molecule has 0 saturated carbocycles. The van der Waals surface area contributed by atoms with Crippen molar-refractivity contribution >= 4 is 23.2 Å². The molecule has 0 spiro atoms. The molecule has 9 heteroatoms. The molecule has 3 aromatic rings. The van der Waals surface area contributed by atoms with Crippen molar-refractivity contribution in [2.45, 2.75) is 32.6 Å². The van der Waals surface area contributed by atoms with Crippen LogP contribution in [0.1, 0.15) is 37.4 Å². The van der Waals surface area contributed by atoms with E-state index >= 15 is 0 Å². The van der Waals surface area contributed by atoms with E-state index in [-0.39, 0.29) is 11.8 Å². The maximum absolute atomic E-state index is 11.8. The van der Waals surface area contributed by atoms with Crippen LogP contribution in [0.25, 0.3) is 17.2 Å². The van der Waals surface area contributed by atoms with Gasteiger partial charge in [-0.05, 0) is 13.3 Å². The Morgan fingerprint density at radius 1 is 1.33 bits per heavy atom. The van der Waals surface area contributed by atoms with Gasteiger partial charge in [0.25, 0.3) is 0 Å². The van der Waals surface area contributed by atoms with E-state index in [1.807, 2.05) is 0 Å². The Balaban J connectivity index is 1.88. The molecule has 4 rings (SSSR count). The molecule has 0 unspecified atom stereocenters. The van der Waals surface area contributed by atoms with E-state index in [0.29, 0.717) is 28.7 Å². The lowest BCUT2D eigenvalue weighted by molar-refractivity contribution is -0.116. The molecule has 9 nitrogen and oxygen atoms in total. The van der Waals surface area contributed by atoms with Crippen LogP contribution in [-0.2, 0) is 11.2 Å². The second kappa shape index (κ2) is 5.22. The molecule has 1 aliphatic rings. The number of fused-ring (bicyclic) bond motifs is 2. The number of amides is 1. The summed E-state index contributed by atoms with van der Waals surface area (Å²) in [6, 6.07) is 0. The average Bonchev–Trinajstić information content (AvgIpc) is 3.13. The van der Waals surface area contributed by atoms with E-state index in [4.69, 9.17) is 5.73 Å². The van der Waals surface area contributed by atoms with E-state index in [1.54, 1.807) is 17.6 Å². The predicted octanol–water partition coefficient (Wildman–Crippen LogP) is 1.17. The van der Waals surface area contributed by atoms with Gasteiger partial charge in [-0.25, -0.2) is 24.5 Å². The Kier molecular flexibility index (Phi) is 3.15. The molecular formula is C15H16N8O. The zero-order valence-corrected chi connectivity index (χ0v) is 13.3. The lowest BCUT2D eigenvalue weighted by atomic mass is 10.1. The van der Waals surface area contributed by atoms with Gasteiger partial charge in [-0.1, -0.05) is 13.3 Å². The maximum atomic E-state index is 11.8. The van der Waals surface area contributed by atoms with Gasteiger partial charge in [0.2, 0.25) is 5.91 Å². The minimum absolute atomic E-state index is 0.130. The van der Waals surface area contributed by atoms with Gasteiger partial charge >= 0.3 is 0 Å². The summed E-state index contributed by atoms with van der Waals surface area (Å²) >= 11 is 0. The van der Waals surface area contributed by atoms with Crippen molar-refractivity contribution < 1.29 is 4.79 Å². The van der Waals surface area contributed by atoms with Gasteiger partial charge in [0.15, 0.2) is 11.5 Å². The first-order valence-corrected chi connectivity index (χ1v) is 7.76. The highest BCUT2D eigenvalue weighted by Gasteiger charge is 2.31. The van der Waals surface area contributed by atoms with Crippen LogP contribution in [0, 0.1) is 0 Å². The van der Waals surface area contributed by atoms with E-state index in [0.717, 1.165) is 24.2 Å². The molecule has 0 fully saturated rings. The minimum Gasteiger partial charge on any atom is -0.383 e. The van der Waals surface area contributed by atoms with Crippen molar-refractivity contribution in [2.24, 2.45) is 0 Å². The number of nitrogens with two attached hydrogens (primary N) is 1. The fraction of sp³-hybridized carbons (Fsp3) is 0.333. The number of aromatic nitrogens is 6. The molecule has 0 aromatic carbocycles. The minimum atomic E-state index is -0.351. The fourth-order valence-corrected chi connectivity index (χ4v) is 2.88. The standard InChI is InChI=1S/C15H16N8O/c1-3-4-8-14-17-6-18-23(14)5-9(19-8)12-20-11(16)10-7(2)15(24)22-13(10)21-12/h5-7H,3-4H2,1-2H3,(H3,16,20,21,22,24)/t7-/m1/s1. The number of hydrogen-bond acceptors (Lipinski definition) is 7. The highest BCUT2D eigenvalue weighted by Crippen LogP contribution is 2.35. The second-order valence-electron chi connectivity index (χ2n) is 5.76. The third-order valence-electron chi connectivity index (χ3n) is 4.09. The molecule has 0 aliphatic carbocycles. The normalized spacial score (nSPS) is 16.4. The number of nitrogens with one attached hydrogen (secondary N) is 1. The number of carbonyl (C=O) groups excluding carboxylic acids is 1. The molecule has 24 heavy (non-hydrogen) atoms. The first-order valence-electron chi connectivity index (χ1n) is 7.76. The van der Waals surface area contributed by atoms with Crippen molar-refractivity contribution in [3.8, 4) is 11.5 Å². The molecule has 0 bridgehead atoms. The number of rotatable bonds is 3. The molecule has 1 atom stereocenters. The Hall–Kier alpha value is -3.10. The Morgan fingerprint density at radius 2 is 2.17 bits per heavy atom. The van der Waals surface area contributed by atoms with Crippen LogP contribution in [0.15, 0.2) is 12.5 Å². The van der Waals surface area contributed by atoms with Gasteiger partial charge in [0.05, 0.1) is 17.8 Å². The van der Waals surface area contributed by atoms with Gasteiger partial charge in [0.1, 0.15) is 23.7 Å². The van der Waals surface area contributed by atoms with Crippen molar-refractivity contribution in [1.29, 1.82) is 0 Å². The first kappa shape index (κ1) is 14.5. The molecule has 1 amide bonds. The van der Waals surface area contributed by atoms with Crippen molar-refractivity contribution in [2.75, 3.05) is 11.1 Å². The summed E-state index contributed by atoms with van der Waals surface area (Å²) in [6.45, 7) is 3.85. The molecule has 1 aliphatic heterocycles. The largest absolute Gasteiger partial charge is 0.383 e. The lowest BCUT2D eigenvalue weighted by Gasteiger charge is -2.08. The van der Waals surface area contributed by atoms with Gasteiger partial charge in [-0.3, -0.25) is 4.79 Å². The van der Waals surface area contributed by atoms with Gasteiger partial charge in [0, 0.05) is 5.56 Å². The van der Waals surface area contributed by atoms with E-state index in [1.165, 1.54) is 6.33 Å². The molecule has 0 radical (unpaired) electrons. The van der Waals surface area contributed by atoms with Gasteiger partial charge in [-0.15, -0.1) is 0 Å². The van der Waals surface area contributed by atoms with Crippen LogP contribution in [-0.4, -0.2) is 35.5 Å². The number of carbonyl (C=O) groups is 1. The Labute approximate surface area is 137 Å². The molecule has 3 aromatic heterocycles. The smallest absolute Gasteiger partial charge is 0.233 e. The monoisotopic (exact) mass is 324 g/mol. The van der Waals surface area contributed by atoms with E-state index in [2.05, 4.69) is 37.3 Å². The summed E-state index contributed by atoms with van der Waals surface area (Å²) in [5, 5.41) is 6.91. The predicted molar refractivity (Wildman–Crippen MR) is 87.3 cm³/mol. The molecule has 122 valence electrons. The number of anilines is 2. The van der Waals surface area contributed by atoms with Crippen molar-refractivity contribution in [3.05, 3.63) is 23.8 Å². The Bertz CT molecular complexity index is 964. The molecule has 0 saturated heterocycles. The average molecular weight is 324 g/mol. The van der Waals surface area contributed by atoms with Crippen molar-refractivity contribution in [1.82, 2.24) is 29.5 Å². The summed E-state index contributed by atoms with van der Waals surface area (Å²) in [4.78, 5) is 29.5. The maximum Gasteiger partial charge on any atom is 0.233 e.